The van der Waals surface area contributed by atoms with Gasteiger partial charge in [0.15, 0.2) is 0 Å². The van der Waals surface area contributed by atoms with Crippen LogP contribution in [0.25, 0.3) is 0 Å². The minimum absolute atomic E-state index is 0.0713. The first-order valence-corrected chi connectivity index (χ1v) is 9.14. The molecule has 1 aliphatic heterocycles. The zero-order valence-electron chi connectivity index (χ0n) is 14.5. The second-order valence-electron chi connectivity index (χ2n) is 7.83. The van der Waals surface area contributed by atoms with E-state index in [2.05, 4.69) is 25.7 Å². The molecule has 0 amide bonds. The van der Waals surface area contributed by atoms with Crippen LogP contribution in [0.1, 0.15) is 78.6 Å². The van der Waals surface area contributed by atoms with Crippen molar-refractivity contribution in [2.45, 2.75) is 95.8 Å². The molecule has 1 unspecified atom stereocenters. The van der Waals surface area contributed by atoms with Crippen molar-refractivity contribution < 1.29 is 4.74 Å². The van der Waals surface area contributed by atoms with Crippen molar-refractivity contribution in [3.05, 3.63) is 0 Å². The third-order valence-corrected chi connectivity index (χ3v) is 5.56. The molecule has 0 radical (unpaired) electrons. The number of rotatable bonds is 6. The van der Waals surface area contributed by atoms with E-state index in [0.29, 0.717) is 6.10 Å². The van der Waals surface area contributed by atoms with Crippen LogP contribution in [0.2, 0.25) is 0 Å². The lowest BCUT2D eigenvalue weighted by molar-refractivity contribution is -0.0475. The Morgan fingerprint density at radius 1 is 1.10 bits per heavy atom. The highest BCUT2D eigenvalue weighted by molar-refractivity contribution is 4.95. The van der Waals surface area contributed by atoms with Gasteiger partial charge in [-0.15, -0.1) is 0 Å². The van der Waals surface area contributed by atoms with E-state index >= 15 is 0 Å². The van der Waals surface area contributed by atoms with E-state index in [4.69, 9.17) is 10.5 Å². The van der Waals surface area contributed by atoms with Gasteiger partial charge in [0.2, 0.25) is 0 Å². The zero-order chi connectivity index (χ0) is 15.3. The number of hydrogen-bond donors (Lipinski definition) is 1. The van der Waals surface area contributed by atoms with Gasteiger partial charge in [0.1, 0.15) is 0 Å². The van der Waals surface area contributed by atoms with Gasteiger partial charge >= 0.3 is 0 Å². The minimum Gasteiger partial charge on any atom is -0.371 e. The van der Waals surface area contributed by atoms with Crippen LogP contribution < -0.4 is 5.73 Å². The van der Waals surface area contributed by atoms with E-state index in [1.807, 2.05) is 0 Å². The first-order valence-electron chi connectivity index (χ1n) is 9.14. The van der Waals surface area contributed by atoms with Gasteiger partial charge in [0, 0.05) is 18.6 Å². The fraction of sp³-hybridized carbons (Fsp3) is 1.00. The van der Waals surface area contributed by atoms with Crippen LogP contribution in [0.15, 0.2) is 0 Å². The third kappa shape index (κ3) is 4.43. The minimum atomic E-state index is 0.0713. The van der Waals surface area contributed by atoms with Gasteiger partial charge in [-0.3, -0.25) is 4.90 Å². The lowest BCUT2D eigenvalue weighted by atomic mass is 9.87. The Morgan fingerprint density at radius 2 is 1.76 bits per heavy atom. The molecular formula is C18H36N2O. The largest absolute Gasteiger partial charge is 0.371 e. The maximum absolute atomic E-state index is 6.28. The topological polar surface area (TPSA) is 38.5 Å². The Bertz CT molecular complexity index is 308. The predicted octanol–water partition coefficient (Wildman–Crippen LogP) is 3.71. The van der Waals surface area contributed by atoms with Crippen molar-refractivity contribution in [3.63, 3.8) is 0 Å². The van der Waals surface area contributed by atoms with Crippen LogP contribution in [-0.4, -0.2) is 41.8 Å². The first-order chi connectivity index (χ1) is 10.0. The highest BCUT2D eigenvalue weighted by atomic mass is 16.5. The summed E-state index contributed by atoms with van der Waals surface area (Å²) in [6.45, 7) is 9.78. The van der Waals surface area contributed by atoms with Crippen molar-refractivity contribution in [1.82, 2.24) is 4.90 Å². The molecule has 0 aromatic carbocycles. The van der Waals surface area contributed by atoms with Gasteiger partial charge in [-0.25, -0.2) is 0 Å². The van der Waals surface area contributed by atoms with E-state index < -0.39 is 0 Å². The Labute approximate surface area is 131 Å². The molecule has 1 saturated carbocycles. The van der Waals surface area contributed by atoms with Gasteiger partial charge in [-0.2, -0.15) is 0 Å². The molecule has 1 aliphatic carbocycles. The average Bonchev–Trinajstić information content (AvgIpc) is 2.67. The summed E-state index contributed by atoms with van der Waals surface area (Å²) in [5.74, 6) is 0. The van der Waals surface area contributed by atoms with Crippen molar-refractivity contribution in [3.8, 4) is 0 Å². The number of hydrogen-bond acceptors (Lipinski definition) is 3. The fourth-order valence-electron chi connectivity index (χ4n) is 4.28. The molecule has 1 atom stereocenters. The molecule has 1 heterocycles. The maximum Gasteiger partial charge on any atom is 0.0710 e. The van der Waals surface area contributed by atoms with E-state index in [9.17, 15) is 0 Å². The standard InChI is InChI=1S/C18H36N2O/c1-4-13-20(14-16-9-12-17(2,3)21-16)18(15-19)10-7-5-6-8-11-18/h16H,4-15,19H2,1-3H3. The van der Waals surface area contributed by atoms with Crippen LogP contribution in [0.3, 0.4) is 0 Å². The van der Waals surface area contributed by atoms with Gasteiger partial charge in [-0.1, -0.05) is 32.6 Å². The molecule has 2 aliphatic rings. The molecule has 0 spiro atoms. The van der Waals surface area contributed by atoms with Crippen LogP contribution >= 0.6 is 0 Å². The summed E-state index contributed by atoms with van der Waals surface area (Å²) >= 11 is 0. The molecule has 1 saturated heterocycles. The summed E-state index contributed by atoms with van der Waals surface area (Å²) in [4.78, 5) is 2.70. The van der Waals surface area contributed by atoms with Crippen molar-refractivity contribution in [2.75, 3.05) is 19.6 Å². The molecule has 0 aromatic heterocycles. The van der Waals surface area contributed by atoms with Gasteiger partial charge in [-0.05, 0) is 52.5 Å². The van der Waals surface area contributed by atoms with Crippen LogP contribution in [-0.2, 0) is 4.74 Å². The molecular weight excluding hydrogens is 260 g/mol. The molecule has 3 nitrogen and oxygen atoms in total. The monoisotopic (exact) mass is 296 g/mol. The number of ether oxygens (including phenoxy) is 1. The van der Waals surface area contributed by atoms with Gasteiger partial charge in [0.05, 0.1) is 11.7 Å². The van der Waals surface area contributed by atoms with Gasteiger partial charge < -0.3 is 10.5 Å². The molecule has 2 N–H and O–H groups in total. The summed E-state index contributed by atoms with van der Waals surface area (Å²) in [6.07, 6.45) is 12.0. The average molecular weight is 296 g/mol. The third-order valence-electron chi connectivity index (χ3n) is 5.56. The summed E-state index contributed by atoms with van der Waals surface area (Å²) in [7, 11) is 0. The molecule has 0 aromatic rings. The molecule has 124 valence electrons. The Hall–Kier alpha value is -0.120. The first kappa shape index (κ1) is 17.2. The zero-order valence-corrected chi connectivity index (χ0v) is 14.5. The summed E-state index contributed by atoms with van der Waals surface area (Å²) in [5.41, 5.74) is 6.59. The smallest absolute Gasteiger partial charge is 0.0710 e. The van der Waals surface area contributed by atoms with Crippen molar-refractivity contribution in [1.29, 1.82) is 0 Å². The Morgan fingerprint density at radius 3 is 2.24 bits per heavy atom. The van der Waals surface area contributed by atoms with E-state index in [1.54, 1.807) is 0 Å². The molecule has 3 heteroatoms. The van der Waals surface area contributed by atoms with E-state index in [1.165, 1.54) is 57.8 Å². The van der Waals surface area contributed by atoms with E-state index in [0.717, 1.165) is 19.6 Å². The highest BCUT2D eigenvalue weighted by Gasteiger charge is 2.39. The number of nitrogens with two attached hydrogens (primary N) is 1. The van der Waals surface area contributed by atoms with Crippen LogP contribution in [0.4, 0.5) is 0 Å². The Balaban J connectivity index is 2.05. The molecule has 2 fully saturated rings. The van der Waals surface area contributed by atoms with Crippen molar-refractivity contribution >= 4 is 0 Å². The summed E-state index contributed by atoms with van der Waals surface area (Å²) in [5, 5.41) is 0. The summed E-state index contributed by atoms with van der Waals surface area (Å²) < 4.78 is 6.25. The second-order valence-corrected chi connectivity index (χ2v) is 7.83. The highest BCUT2D eigenvalue weighted by Crippen LogP contribution is 2.35. The quantitative estimate of drug-likeness (QED) is 0.759. The summed E-state index contributed by atoms with van der Waals surface area (Å²) in [6, 6.07) is 0. The van der Waals surface area contributed by atoms with Crippen molar-refractivity contribution in [2.24, 2.45) is 5.73 Å². The fourth-order valence-corrected chi connectivity index (χ4v) is 4.28. The predicted molar refractivity (Wildman–Crippen MR) is 89.5 cm³/mol. The Kier molecular flexibility index (Phi) is 6.10. The normalized spacial score (nSPS) is 28.7. The lowest BCUT2D eigenvalue weighted by Crippen LogP contribution is -2.56. The van der Waals surface area contributed by atoms with Crippen LogP contribution in [0, 0.1) is 0 Å². The van der Waals surface area contributed by atoms with E-state index in [-0.39, 0.29) is 11.1 Å². The lowest BCUT2D eigenvalue weighted by Gasteiger charge is -2.44. The molecule has 2 rings (SSSR count). The maximum atomic E-state index is 6.28. The van der Waals surface area contributed by atoms with Gasteiger partial charge in [0.25, 0.3) is 0 Å². The SMILES string of the molecule is CCCN(CC1CCC(C)(C)O1)C1(CN)CCCCCC1. The second kappa shape index (κ2) is 7.43. The molecule has 0 bridgehead atoms. The number of nitrogens with zero attached hydrogens (tertiary/aromatic N) is 1. The molecule has 21 heavy (non-hydrogen) atoms. The van der Waals surface area contributed by atoms with Crippen LogP contribution in [0.5, 0.6) is 0 Å².